The summed E-state index contributed by atoms with van der Waals surface area (Å²) in [4.78, 5) is 20.4. The van der Waals surface area contributed by atoms with Crippen LogP contribution in [0, 0.1) is 13.8 Å². The molecular weight excluding hydrogens is 306 g/mol. The number of hydrogen-bond donors (Lipinski definition) is 1. The summed E-state index contributed by atoms with van der Waals surface area (Å²) in [7, 11) is 0. The van der Waals surface area contributed by atoms with E-state index in [-0.39, 0.29) is 11.2 Å². The third kappa shape index (κ3) is 4.44. The van der Waals surface area contributed by atoms with Gasteiger partial charge in [0.2, 0.25) is 5.91 Å². The predicted molar refractivity (Wildman–Crippen MR) is 86.9 cm³/mol. The molecule has 4 nitrogen and oxygen atoms in total. The van der Waals surface area contributed by atoms with Gasteiger partial charge in [-0.25, -0.2) is 9.97 Å². The van der Waals surface area contributed by atoms with Crippen molar-refractivity contribution in [1.82, 2.24) is 9.97 Å². The molecule has 0 radical (unpaired) electrons. The number of nitrogens with zero attached hydrogens (tertiary/aromatic N) is 2. The molecule has 2 aromatic rings. The van der Waals surface area contributed by atoms with Gasteiger partial charge in [0.25, 0.3) is 0 Å². The number of amides is 1. The molecule has 0 aliphatic rings. The van der Waals surface area contributed by atoms with Gasteiger partial charge in [0.15, 0.2) is 0 Å². The number of benzene rings is 1. The van der Waals surface area contributed by atoms with E-state index in [1.165, 1.54) is 18.1 Å². The van der Waals surface area contributed by atoms with Crippen LogP contribution in [0.4, 0.5) is 5.69 Å². The van der Waals surface area contributed by atoms with Crippen LogP contribution < -0.4 is 5.32 Å². The third-order valence-corrected chi connectivity index (χ3v) is 4.17. The molecular formula is C15H16ClN3OS. The first kappa shape index (κ1) is 15.8. The van der Waals surface area contributed by atoms with Crippen LogP contribution in [0.15, 0.2) is 35.6 Å². The number of thioether (sulfide) groups is 1. The lowest BCUT2D eigenvalue weighted by atomic mass is 10.2. The molecule has 1 aromatic carbocycles. The maximum absolute atomic E-state index is 12.2. The summed E-state index contributed by atoms with van der Waals surface area (Å²) in [6, 6.07) is 7.29. The van der Waals surface area contributed by atoms with Crippen molar-refractivity contribution >= 4 is 35.0 Å². The Bertz CT molecular complexity index is 663. The average Bonchev–Trinajstić information content (AvgIpc) is 2.43. The van der Waals surface area contributed by atoms with Crippen LogP contribution in [0.2, 0.25) is 5.02 Å². The van der Waals surface area contributed by atoms with E-state index in [1.54, 1.807) is 12.1 Å². The number of rotatable bonds is 4. The fraction of sp³-hybridized carbons (Fsp3) is 0.267. The van der Waals surface area contributed by atoms with Crippen LogP contribution >= 0.6 is 23.4 Å². The molecule has 1 atom stereocenters. The van der Waals surface area contributed by atoms with Crippen molar-refractivity contribution < 1.29 is 4.79 Å². The lowest BCUT2D eigenvalue weighted by Crippen LogP contribution is -2.23. The molecule has 6 heteroatoms. The van der Waals surface area contributed by atoms with Gasteiger partial charge in [-0.05, 0) is 44.5 Å². The minimum atomic E-state index is -0.266. The average molecular weight is 322 g/mol. The quantitative estimate of drug-likeness (QED) is 0.686. The monoisotopic (exact) mass is 321 g/mol. The SMILES string of the molecule is Cc1cc(S[C@@H](C)C(=O)Nc2cc(Cl)ccc2C)ncn1. The van der Waals surface area contributed by atoms with Crippen molar-refractivity contribution in [3.05, 3.63) is 46.9 Å². The zero-order valence-corrected chi connectivity index (χ0v) is 13.6. The largest absolute Gasteiger partial charge is 0.325 e. The summed E-state index contributed by atoms with van der Waals surface area (Å²) in [5, 5.41) is 4.02. The van der Waals surface area contributed by atoms with Gasteiger partial charge in [-0.15, -0.1) is 0 Å². The molecule has 1 heterocycles. The maximum atomic E-state index is 12.2. The first-order valence-electron chi connectivity index (χ1n) is 6.48. The van der Waals surface area contributed by atoms with Crippen molar-refractivity contribution in [2.24, 2.45) is 0 Å². The Morgan fingerprint density at radius 2 is 2.05 bits per heavy atom. The van der Waals surface area contributed by atoms with Gasteiger partial charge in [0, 0.05) is 16.4 Å². The van der Waals surface area contributed by atoms with Crippen LogP contribution in [-0.2, 0) is 4.79 Å². The van der Waals surface area contributed by atoms with Gasteiger partial charge in [0.1, 0.15) is 11.4 Å². The number of anilines is 1. The Kier molecular flexibility index (Phi) is 5.20. The molecule has 110 valence electrons. The molecule has 0 fully saturated rings. The van der Waals surface area contributed by atoms with Gasteiger partial charge < -0.3 is 5.32 Å². The minimum absolute atomic E-state index is 0.0818. The number of aryl methyl sites for hydroxylation is 2. The van der Waals surface area contributed by atoms with Gasteiger partial charge in [-0.1, -0.05) is 29.4 Å². The van der Waals surface area contributed by atoms with E-state index in [4.69, 9.17) is 11.6 Å². The van der Waals surface area contributed by atoms with Crippen LogP contribution in [0.25, 0.3) is 0 Å². The summed E-state index contributed by atoms with van der Waals surface area (Å²) in [5.41, 5.74) is 2.59. The highest BCUT2D eigenvalue weighted by atomic mass is 35.5. The summed E-state index contributed by atoms with van der Waals surface area (Å²) in [6.07, 6.45) is 1.50. The predicted octanol–water partition coefficient (Wildman–Crippen LogP) is 3.87. The number of carbonyl (C=O) groups is 1. The lowest BCUT2D eigenvalue weighted by Gasteiger charge is -2.13. The van der Waals surface area contributed by atoms with Crippen molar-refractivity contribution in [1.29, 1.82) is 0 Å². The first-order valence-corrected chi connectivity index (χ1v) is 7.74. The first-order chi connectivity index (χ1) is 9.95. The van der Waals surface area contributed by atoms with Gasteiger partial charge in [-0.3, -0.25) is 4.79 Å². The van der Waals surface area contributed by atoms with Crippen molar-refractivity contribution in [3.8, 4) is 0 Å². The molecule has 0 aliphatic carbocycles. The number of carbonyl (C=O) groups excluding carboxylic acids is 1. The smallest absolute Gasteiger partial charge is 0.237 e. The second kappa shape index (κ2) is 6.91. The summed E-state index contributed by atoms with van der Waals surface area (Å²) in [5.74, 6) is -0.0818. The lowest BCUT2D eigenvalue weighted by molar-refractivity contribution is -0.115. The van der Waals surface area contributed by atoms with Gasteiger partial charge in [0.05, 0.1) is 5.25 Å². The van der Waals surface area contributed by atoms with Crippen LogP contribution in [0.3, 0.4) is 0 Å². The Labute approximate surface area is 133 Å². The summed E-state index contributed by atoms with van der Waals surface area (Å²) >= 11 is 7.35. The fourth-order valence-corrected chi connectivity index (χ4v) is 2.74. The van der Waals surface area contributed by atoms with Crippen LogP contribution in [-0.4, -0.2) is 21.1 Å². The summed E-state index contributed by atoms with van der Waals surface area (Å²) < 4.78 is 0. The molecule has 0 aliphatic heterocycles. The van der Waals surface area contributed by atoms with E-state index in [2.05, 4.69) is 15.3 Å². The molecule has 0 saturated heterocycles. The van der Waals surface area contributed by atoms with Gasteiger partial charge >= 0.3 is 0 Å². The molecule has 0 spiro atoms. The topological polar surface area (TPSA) is 54.9 Å². The Hall–Kier alpha value is -1.59. The second-order valence-electron chi connectivity index (χ2n) is 4.71. The second-order valence-corrected chi connectivity index (χ2v) is 6.50. The van der Waals surface area contributed by atoms with E-state index in [1.807, 2.05) is 32.9 Å². The van der Waals surface area contributed by atoms with Gasteiger partial charge in [-0.2, -0.15) is 0 Å². The highest BCUT2D eigenvalue weighted by Gasteiger charge is 2.16. The molecule has 21 heavy (non-hydrogen) atoms. The molecule has 0 bridgehead atoms. The molecule has 0 unspecified atom stereocenters. The van der Waals surface area contributed by atoms with E-state index in [0.29, 0.717) is 5.02 Å². The molecule has 1 N–H and O–H groups in total. The third-order valence-electron chi connectivity index (χ3n) is 2.90. The standard InChI is InChI=1S/C15H16ClN3OS/c1-9-4-5-12(16)7-13(9)19-15(20)11(3)21-14-6-10(2)17-8-18-14/h4-8,11H,1-3H3,(H,19,20)/t11-/m0/s1. The molecule has 1 amide bonds. The van der Waals surface area contributed by atoms with Crippen molar-refractivity contribution in [2.75, 3.05) is 5.32 Å². The maximum Gasteiger partial charge on any atom is 0.237 e. The molecule has 1 aromatic heterocycles. The van der Waals surface area contributed by atoms with Crippen LogP contribution in [0.1, 0.15) is 18.2 Å². The highest BCUT2D eigenvalue weighted by molar-refractivity contribution is 8.00. The summed E-state index contributed by atoms with van der Waals surface area (Å²) in [6.45, 7) is 5.67. The Balaban J connectivity index is 2.04. The zero-order valence-electron chi connectivity index (χ0n) is 12.1. The van der Waals surface area contributed by atoms with E-state index >= 15 is 0 Å². The van der Waals surface area contributed by atoms with E-state index < -0.39 is 0 Å². The minimum Gasteiger partial charge on any atom is -0.325 e. The normalized spacial score (nSPS) is 12.0. The number of hydrogen-bond acceptors (Lipinski definition) is 4. The molecule has 2 rings (SSSR count). The van der Waals surface area contributed by atoms with Crippen LogP contribution in [0.5, 0.6) is 0 Å². The number of aromatic nitrogens is 2. The zero-order chi connectivity index (χ0) is 15.4. The Morgan fingerprint density at radius 1 is 1.29 bits per heavy atom. The van der Waals surface area contributed by atoms with E-state index in [9.17, 15) is 4.79 Å². The highest BCUT2D eigenvalue weighted by Crippen LogP contribution is 2.24. The molecule has 0 saturated carbocycles. The van der Waals surface area contributed by atoms with E-state index in [0.717, 1.165) is 22.0 Å². The Morgan fingerprint density at radius 3 is 2.76 bits per heavy atom. The number of nitrogens with one attached hydrogen (secondary N) is 1. The number of halogens is 1. The van der Waals surface area contributed by atoms with Crippen molar-refractivity contribution in [3.63, 3.8) is 0 Å². The fourth-order valence-electron chi connectivity index (χ4n) is 1.69. The van der Waals surface area contributed by atoms with Crippen molar-refractivity contribution in [2.45, 2.75) is 31.0 Å².